The number of isocyanates is 1. The van der Waals surface area contributed by atoms with Gasteiger partial charge in [-0.15, -0.1) is 0 Å². The van der Waals surface area contributed by atoms with E-state index < -0.39 is 0 Å². The molecule has 3 heteroatoms. The summed E-state index contributed by atoms with van der Waals surface area (Å²) in [6.45, 7) is 4.57. The molecule has 0 fully saturated rings. The average molecular weight is 225 g/mol. The smallest absolute Gasteiger partial charge is 0.211 e. The maximum atomic E-state index is 9.56. The van der Waals surface area contributed by atoms with Crippen molar-refractivity contribution in [2.75, 3.05) is 6.54 Å². The predicted molar refractivity (Wildman–Crippen MR) is 41.1 cm³/mol. The first-order valence-corrected chi connectivity index (χ1v) is 3.37. The Morgan fingerprint density at radius 2 is 2.25 bits per heavy atom. The highest BCUT2D eigenvalue weighted by molar-refractivity contribution is 14.1. The van der Waals surface area contributed by atoms with Gasteiger partial charge in [-0.1, -0.05) is 22.6 Å². The molecular formula is C5H8INO. The molecule has 0 aliphatic rings. The topological polar surface area (TPSA) is 29.4 Å². The summed E-state index contributed by atoms with van der Waals surface area (Å²) < 4.78 is 0.0924. The molecule has 0 unspecified atom stereocenters. The number of rotatable bonds is 2. The van der Waals surface area contributed by atoms with E-state index in [0.29, 0.717) is 6.54 Å². The lowest BCUT2D eigenvalue weighted by molar-refractivity contribution is 0.561. The van der Waals surface area contributed by atoms with Crippen LogP contribution < -0.4 is 0 Å². The van der Waals surface area contributed by atoms with E-state index in [1.807, 2.05) is 13.8 Å². The van der Waals surface area contributed by atoms with Crippen molar-refractivity contribution >= 4 is 28.7 Å². The summed E-state index contributed by atoms with van der Waals surface area (Å²) in [5.74, 6) is 0. The van der Waals surface area contributed by atoms with E-state index in [9.17, 15) is 4.79 Å². The summed E-state index contributed by atoms with van der Waals surface area (Å²) in [5, 5.41) is 0. The predicted octanol–water partition coefficient (Wildman–Crippen LogP) is 1.54. The zero-order chi connectivity index (χ0) is 6.62. The van der Waals surface area contributed by atoms with Crippen LogP contribution in [0.25, 0.3) is 0 Å². The minimum absolute atomic E-state index is 0.0924. The molecule has 0 heterocycles. The van der Waals surface area contributed by atoms with Gasteiger partial charge >= 0.3 is 0 Å². The molecule has 0 aromatic rings. The zero-order valence-electron chi connectivity index (χ0n) is 4.94. The largest absolute Gasteiger partial charge is 0.234 e. The second-order valence-corrected chi connectivity index (χ2v) is 5.05. The Morgan fingerprint density at radius 3 is 2.38 bits per heavy atom. The maximum Gasteiger partial charge on any atom is 0.234 e. The number of alkyl halides is 1. The lowest BCUT2D eigenvalue weighted by Gasteiger charge is -2.09. The van der Waals surface area contributed by atoms with Crippen molar-refractivity contribution < 1.29 is 4.79 Å². The molecule has 0 rings (SSSR count). The molecule has 0 atom stereocenters. The Labute approximate surface area is 62.5 Å². The van der Waals surface area contributed by atoms with Gasteiger partial charge in [0, 0.05) is 3.42 Å². The van der Waals surface area contributed by atoms with E-state index in [2.05, 4.69) is 27.6 Å². The summed E-state index contributed by atoms with van der Waals surface area (Å²) >= 11 is 2.23. The van der Waals surface area contributed by atoms with Gasteiger partial charge in [0.2, 0.25) is 6.08 Å². The first-order valence-electron chi connectivity index (χ1n) is 2.29. The first kappa shape index (κ1) is 8.11. The summed E-state index contributed by atoms with van der Waals surface area (Å²) in [5.41, 5.74) is 0. The SMILES string of the molecule is CC(C)(I)CN=C=O. The second kappa shape index (κ2) is 3.20. The molecule has 46 valence electrons. The molecule has 0 aliphatic carbocycles. The van der Waals surface area contributed by atoms with Crippen LogP contribution in [0.15, 0.2) is 4.99 Å². The van der Waals surface area contributed by atoms with Crippen molar-refractivity contribution in [1.82, 2.24) is 0 Å². The minimum atomic E-state index is 0.0924. The summed E-state index contributed by atoms with van der Waals surface area (Å²) in [4.78, 5) is 13.0. The maximum absolute atomic E-state index is 9.56. The highest BCUT2D eigenvalue weighted by Crippen LogP contribution is 2.15. The number of carbonyl (C=O) groups excluding carboxylic acids is 1. The van der Waals surface area contributed by atoms with Crippen molar-refractivity contribution in [3.8, 4) is 0 Å². The minimum Gasteiger partial charge on any atom is -0.211 e. The van der Waals surface area contributed by atoms with Crippen LogP contribution in [0.4, 0.5) is 0 Å². The molecule has 0 aliphatic heterocycles. The lowest BCUT2D eigenvalue weighted by atomic mass is 10.2. The summed E-state index contributed by atoms with van der Waals surface area (Å²) in [6.07, 6.45) is 1.49. The van der Waals surface area contributed by atoms with Crippen LogP contribution in [-0.2, 0) is 4.79 Å². The normalized spacial score (nSPS) is 10.4. The molecule has 0 amide bonds. The Morgan fingerprint density at radius 1 is 1.75 bits per heavy atom. The first-order chi connectivity index (χ1) is 3.56. The number of hydrogen-bond acceptors (Lipinski definition) is 2. The molecule has 0 N–H and O–H groups in total. The van der Waals surface area contributed by atoms with E-state index in [-0.39, 0.29) is 3.42 Å². The van der Waals surface area contributed by atoms with Crippen LogP contribution in [-0.4, -0.2) is 16.0 Å². The van der Waals surface area contributed by atoms with Crippen molar-refractivity contribution in [3.05, 3.63) is 0 Å². The highest BCUT2D eigenvalue weighted by Gasteiger charge is 2.09. The zero-order valence-corrected chi connectivity index (χ0v) is 7.10. The quantitative estimate of drug-likeness (QED) is 0.303. The van der Waals surface area contributed by atoms with Gasteiger partial charge in [0.05, 0.1) is 6.54 Å². The van der Waals surface area contributed by atoms with Gasteiger partial charge < -0.3 is 0 Å². The van der Waals surface area contributed by atoms with Gasteiger partial charge in [0.15, 0.2) is 0 Å². The third kappa shape index (κ3) is 6.11. The monoisotopic (exact) mass is 225 g/mol. The Balaban J connectivity index is 3.55. The van der Waals surface area contributed by atoms with E-state index in [0.717, 1.165) is 0 Å². The highest BCUT2D eigenvalue weighted by atomic mass is 127. The van der Waals surface area contributed by atoms with E-state index >= 15 is 0 Å². The van der Waals surface area contributed by atoms with Crippen molar-refractivity contribution in [2.24, 2.45) is 4.99 Å². The fraction of sp³-hybridized carbons (Fsp3) is 0.800. The van der Waals surface area contributed by atoms with Gasteiger partial charge in [-0.2, -0.15) is 0 Å². The van der Waals surface area contributed by atoms with Crippen LogP contribution in [0.1, 0.15) is 13.8 Å². The van der Waals surface area contributed by atoms with E-state index in [1.165, 1.54) is 6.08 Å². The Hall–Kier alpha value is 0.110. The summed E-state index contributed by atoms with van der Waals surface area (Å²) in [7, 11) is 0. The third-order valence-electron chi connectivity index (χ3n) is 0.520. The van der Waals surface area contributed by atoms with Gasteiger partial charge in [-0.25, -0.2) is 9.79 Å². The van der Waals surface area contributed by atoms with Gasteiger partial charge in [0.1, 0.15) is 0 Å². The number of nitrogens with zero attached hydrogens (tertiary/aromatic N) is 1. The molecule has 2 nitrogen and oxygen atoms in total. The molecule has 0 spiro atoms. The molecule has 0 saturated carbocycles. The number of aliphatic imine (C=N–C) groups is 1. The van der Waals surface area contributed by atoms with Crippen molar-refractivity contribution in [3.63, 3.8) is 0 Å². The van der Waals surface area contributed by atoms with E-state index in [4.69, 9.17) is 0 Å². The van der Waals surface area contributed by atoms with Crippen molar-refractivity contribution in [2.45, 2.75) is 17.3 Å². The fourth-order valence-corrected chi connectivity index (χ4v) is 0.391. The third-order valence-corrected chi connectivity index (χ3v) is 0.861. The van der Waals surface area contributed by atoms with Crippen LogP contribution in [0.3, 0.4) is 0 Å². The van der Waals surface area contributed by atoms with Crippen LogP contribution in [0.2, 0.25) is 0 Å². The Kier molecular flexibility index (Phi) is 3.24. The molecule has 0 saturated heterocycles. The number of hydrogen-bond donors (Lipinski definition) is 0. The molecule has 0 bridgehead atoms. The molecule has 0 aromatic heterocycles. The Bertz CT molecular complexity index is 110. The standard InChI is InChI=1S/C5H8INO/c1-5(2,6)3-7-4-8/h3H2,1-2H3. The van der Waals surface area contributed by atoms with Crippen LogP contribution in [0.5, 0.6) is 0 Å². The van der Waals surface area contributed by atoms with Gasteiger partial charge in [-0.05, 0) is 13.8 Å². The van der Waals surface area contributed by atoms with Gasteiger partial charge in [-0.3, -0.25) is 0 Å². The number of halogens is 1. The average Bonchev–Trinajstić information content (AvgIpc) is 1.59. The molecule has 8 heavy (non-hydrogen) atoms. The molecule has 0 radical (unpaired) electrons. The second-order valence-electron chi connectivity index (χ2n) is 2.13. The lowest BCUT2D eigenvalue weighted by Crippen LogP contribution is -2.12. The van der Waals surface area contributed by atoms with Gasteiger partial charge in [0.25, 0.3) is 0 Å². The summed E-state index contributed by atoms with van der Waals surface area (Å²) in [6, 6.07) is 0. The molecule has 0 aromatic carbocycles. The molecular weight excluding hydrogens is 217 g/mol. The van der Waals surface area contributed by atoms with Crippen LogP contribution >= 0.6 is 22.6 Å². The fourth-order valence-electron chi connectivity index (χ4n) is 0.220. The van der Waals surface area contributed by atoms with Crippen LogP contribution in [0, 0.1) is 0 Å². The van der Waals surface area contributed by atoms with Crippen molar-refractivity contribution in [1.29, 1.82) is 0 Å². The van der Waals surface area contributed by atoms with E-state index in [1.54, 1.807) is 0 Å².